The molecule has 18 heavy (non-hydrogen) atoms. The summed E-state index contributed by atoms with van der Waals surface area (Å²) in [4.78, 5) is 11.5. The van der Waals surface area contributed by atoms with Crippen LogP contribution in [0.2, 0.25) is 0 Å². The average molecular weight is 250 g/mol. The molecule has 0 amide bonds. The molecule has 0 saturated heterocycles. The van der Waals surface area contributed by atoms with E-state index in [0.29, 0.717) is 17.6 Å². The predicted octanol–water partition coefficient (Wildman–Crippen LogP) is 3.06. The number of rotatable bonds is 5. The lowest BCUT2D eigenvalue weighted by molar-refractivity contribution is -0.145. The first kappa shape index (κ1) is 14.1. The summed E-state index contributed by atoms with van der Waals surface area (Å²) in [6.07, 6.45) is 0.867. The van der Waals surface area contributed by atoms with Crippen LogP contribution in [0.15, 0.2) is 30.4 Å². The zero-order chi connectivity index (χ0) is 13.7. The molecule has 98 valence electrons. The van der Waals surface area contributed by atoms with E-state index in [4.69, 9.17) is 4.74 Å². The molecule has 0 aliphatic heterocycles. The molecule has 4 heteroatoms. The summed E-state index contributed by atoms with van der Waals surface area (Å²) in [6.45, 7) is 7.05. The van der Waals surface area contributed by atoms with Gasteiger partial charge in [0.1, 0.15) is 17.6 Å². The third kappa shape index (κ3) is 3.52. The van der Waals surface area contributed by atoms with E-state index in [0.717, 1.165) is 6.42 Å². The molecular formula is C14H18O4. The van der Waals surface area contributed by atoms with Crippen LogP contribution in [0.5, 0.6) is 11.5 Å². The number of aromatic hydroxyl groups is 2. The Morgan fingerprint density at radius 2 is 2.11 bits per heavy atom. The van der Waals surface area contributed by atoms with Gasteiger partial charge in [-0.2, -0.15) is 0 Å². The number of carbonyl (C=O) groups is 1. The molecule has 0 aromatic heterocycles. The number of hydrogen-bond acceptors (Lipinski definition) is 4. The number of benzene rings is 1. The van der Waals surface area contributed by atoms with E-state index in [1.54, 1.807) is 13.0 Å². The van der Waals surface area contributed by atoms with E-state index in [9.17, 15) is 15.0 Å². The zero-order valence-corrected chi connectivity index (χ0v) is 10.6. The van der Waals surface area contributed by atoms with Crippen molar-refractivity contribution in [1.82, 2.24) is 0 Å². The first-order valence-electron chi connectivity index (χ1n) is 5.84. The number of phenols is 2. The van der Waals surface area contributed by atoms with Crippen LogP contribution in [0.3, 0.4) is 0 Å². The van der Waals surface area contributed by atoms with Crippen molar-refractivity contribution in [2.75, 3.05) is 0 Å². The standard InChI is InChI=1S/C14H18O4/c1-4-5-13(18-14(17)9(2)3)11-7-6-10(15)8-12(11)16/h6-8,13,15-16H,2,4-5H2,1,3H3. The van der Waals surface area contributed by atoms with Crippen molar-refractivity contribution < 1.29 is 19.7 Å². The molecule has 0 saturated carbocycles. The van der Waals surface area contributed by atoms with E-state index >= 15 is 0 Å². The van der Waals surface area contributed by atoms with Crippen molar-refractivity contribution in [3.05, 3.63) is 35.9 Å². The van der Waals surface area contributed by atoms with Gasteiger partial charge in [0.05, 0.1) is 0 Å². The van der Waals surface area contributed by atoms with E-state index in [1.165, 1.54) is 12.1 Å². The second-order valence-electron chi connectivity index (χ2n) is 4.21. The van der Waals surface area contributed by atoms with E-state index in [2.05, 4.69) is 6.58 Å². The van der Waals surface area contributed by atoms with Crippen molar-refractivity contribution in [1.29, 1.82) is 0 Å². The fourth-order valence-corrected chi connectivity index (χ4v) is 1.57. The Morgan fingerprint density at radius 3 is 2.61 bits per heavy atom. The number of esters is 1. The van der Waals surface area contributed by atoms with Gasteiger partial charge in [-0.05, 0) is 25.5 Å². The quantitative estimate of drug-likeness (QED) is 0.622. The van der Waals surface area contributed by atoms with Gasteiger partial charge in [0, 0.05) is 17.2 Å². The Balaban J connectivity index is 2.96. The van der Waals surface area contributed by atoms with Gasteiger partial charge < -0.3 is 14.9 Å². The van der Waals surface area contributed by atoms with Gasteiger partial charge >= 0.3 is 5.97 Å². The van der Waals surface area contributed by atoms with Gasteiger partial charge in [0.15, 0.2) is 0 Å². The summed E-state index contributed by atoms with van der Waals surface area (Å²) in [7, 11) is 0. The molecule has 0 aliphatic rings. The average Bonchev–Trinajstić information content (AvgIpc) is 2.28. The maximum absolute atomic E-state index is 11.5. The maximum atomic E-state index is 11.5. The second kappa shape index (κ2) is 6.10. The van der Waals surface area contributed by atoms with Crippen LogP contribution in [-0.4, -0.2) is 16.2 Å². The summed E-state index contributed by atoms with van der Waals surface area (Å²) in [5.41, 5.74) is 0.804. The Hall–Kier alpha value is -1.97. The fraction of sp³-hybridized carbons (Fsp3) is 0.357. The SMILES string of the molecule is C=C(C)C(=O)OC(CCC)c1ccc(O)cc1O. The highest BCUT2D eigenvalue weighted by atomic mass is 16.5. The third-order valence-electron chi connectivity index (χ3n) is 2.51. The first-order valence-corrected chi connectivity index (χ1v) is 5.84. The van der Waals surface area contributed by atoms with Crippen molar-refractivity contribution in [2.45, 2.75) is 32.8 Å². The lowest BCUT2D eigenvalue weighted by Crippen LogP contribution is -2.12. The van der Waals surface area contributed by atoms with E-state index < -0.39 is 12.1 Å². The summed E-state index contributed by atoms with van der Waals surface area (Å²) >= 11 is 0. The van der Waals surface area contributed by atoms with Crippen LogP contribution in [0, 0.1) is 0 Å². The summed E-state index contributed by atoms with van der Waals surface area (Å²) in [6, 6.07) is 4.23. The highest BCUT2D eigenvalue weighted by Crippen LogP contribution is 2.33. The van der Waals surface area contributed by atoms with Crippen LogP contribution in [-0.2, 0) is 9.53 Å². The van der Waals surface area contributed by atoms with Gasteiger partial charge in [-0.15, -0.1) is 0 Å². The normalized spacial score (nSPS) is 11.9. The van der Waals surface area contributed by atoms with Crippen LogP contribution < -0.4 is 0 Å². The molecule has 0 aliphatic carbocycles. The molecule has 1 atom stereocenters. The monoisotopic (exact) mass is 250 g/mol. The largest absolute Gasteiger partial charge is 0.508 e. The Labute approximate surface area is 107 Å². The highest BCUT2D eigenvalue weighted by molar-refractivity contribution is 5.87. The van der Waals surface area contributed by atoms with Crippen molar-refractivity contribution in [3.63, 3.8) is 0 Å². The number of hydrogen-bond donors (Lipinski definition) is 2. The Morgan fingerprint density at radius 1 is 1.44 bits per heavy atom. The second-order valence-corrected chi connectivity index (χ2v) is 4.21. The minimum atomic E-state index is -0.528. The summed E-state index contributed by atoms with van der Waals surface area (Å²) in [5, 5.41) is 19.0. The van der Waals surface area contributed by atoms with Gasteiger partial charge in [0.25, 0.3) is 0 Å². The van der Waals surface area contributed by atoms with Crippen LogP contribution in [0.1, 0.15) is 38.4 Å². The van der Waals surface area contributed by atoms with Crippen molar-refractivity contribution >= 4 is 5.97 Å². The molecule has 0 fully saturated rings. The van der Waals surface area contributed by atoms with Gasteiger partial charge in [-0.3, -0.25) is 0 Å². The molecule has 1 unspecified atom stereocenters. The third-order valence-corrected chi connectivity index (χ3v) is 2.51. The Kier molecular flexibility index (Phi) is 4.77. The van der Waals surface area contributed by atoms with E-state index in [1.807, 2.05) is 6.92 Å². The zero-order valence-electron chi connectivity index (χ0n) is 10.6. The summed E-state index contributed by atoms with van der Waals surface area (Å²) in [5.74, 6) is -0.596. The number of ether oxygens (including phenoxy) is 1. The topological polar surface area (TPSA) is 66.8 Å². The minimum absolute atomic E-state index is 0.0299. The first-order chi connectivity index (χ1) is 8.45. The molecule has 1 aromatic carbocycles. The molecule has 1 aromatic rings. The smallest absolute Gasteiger partial charge is 0.333 e. The molecule has 0 radical (unpaired) electrons. The van der Waals surface area contributed by atoms with Crippen LogP contribution >= 0.6 is 0 Å². The van der Waals surface area contributed by atoms with Gasteiger partial charge in [-0.1, -0.05) is 19.9 Å². The molecule has 1 rings (SSSR count). The molecular weight excluding hydrogens is 232 g/mol. The van der Waals surface area contributed by atoms with E-state index in [-0.39, 0.29) is 11.5 Å². The summed E-state index contributed by atoms with van der Waals surface area (Å²) < 4.78 is 5.28. The van der Waals surface area contributed by atoms with Crippen molar-refractivity contribution in [2.24, 2.45) is 0 Å². The molecule has 0 heterocycles. The van der Waals surface area contributed by atoms with Gasteiger partial charge in [0.2, 0.25) is 0 Å². The Bertz CT molecular complexity index is 451. The number of carbonyl (C=O) groups excluding carboxylic acids is 1. The van der Waals surface area contributed by atoms with Gasteiger partial charge in [-0.25, -0.2) is 4.79 Å². The van der Waals surface area contributed by atoms with Crippen LogP contribution in [0.25, 0.3) is 0 Å². The highest BCUT2D eigenvalue weighted by Gasteiger charge is 2.19. The number of phenolic OH excluding ortho intramolecular Hbond substituents is 2. The molecule has 0 bridgehead atoms. The fourth-order valence-electron chi connectivity index (χ4n) is 1.57. The molecule has 2 N–H and O–H groups in total. The molecule has 0 spiro atoms. The lowest BCUT2D eigenvalue weighted by atomic mass is 10.0. The maximum Gasteiger partial charge on any atom is 0.333 e. The minimum Gasteiger partial charge on any atom is -0.508 e. The predicted molar refractivity (Wildman–Crippen MR) is 68.3 cm³/mol. The lowest BCUT2D eigenvalue weighted by Gasteiger charge is -2.18. The van der Waals surface area contributed by atoms with Crippen LogP contribution in [0.4, 0.5) is 0 Å². The van der Waals surface area contributed by atoms with Crippen molar-refractivity contribution in [3.8, 4) is 11.5 Å². The molecule has 4 nitrogen and oxygen atoms in total.